The topological polar surface area (TPSA) is 71.1 Å². The average molecular weight is 303 g/mol. The van der Waals surface area contributed by atoms with Gasteiger partial charge in [-0.2, -0.15) is 0 Å². The molecule has 1 aliphatic heterocycles. The molecule has 0 atom stereocenters. The quantitative estimate of drug-likeness (QED) is 0.879. The number of fused-ring (bicyclic) bond motifs is 1. The maximum Gasteiger partial charge on any atom is 0.240 e. The highest BCUT2D eigenvalue weighted by Gasteiger charge is 2.17. The summed E-state index contributed by atoms with van der Waals surface area (Å²) in [5.41, 5.74) is 3.10. The van der Waals surface area contributed by atoms with Gasteiger partial charge >= 0.3 is 0 Å². The van der Waals surface area contributed by atoms with Gasteiger partial charge in [-0.15, -0.1) is 0 Å². The Kier molecular flexibility index (Phi) is 3.90. The summed E-state index contributed by atoms with van der Waals surface area (Å²) in [5.74, 6) is 0. The van der Waals surface area contributed by atoms with Crippen molar-refractivity contribution >= 4 is 15.7 Å². The number of nitrogens with zero attached hydrogens (tertiary/aromatic N) is 1. The maximum atomic E-state index is 12.3. The van der Waals surface area contributed by atoms with Crippen LogP contribution in [0.5, 0.6) is 0 Å². The Morgan fingerprint density at radius 3 is 3.00 bits per heavy atom. The normalized spacial score (nSPS) is 13.7. The van der Waals surface area contributed by atoms with E-state index >= 15 is 0 Å². The second-order valence-corrected chi connectivity index (χ2v) is 6.77. The summed E-state index contributed by atoms with van der Waals surface area (Å²) in [6.45, 7) is 1.23. The molecule has 0 spiro atoms. The molecule has 0 aliphatic carbocycles. The van der Waals surface area contributed by atoms with E-state index in [0.29, 0.717) is 17.9 Å². The maximum absolute atomic E-state index is 12.3. The monoisotopic (exact) mass is 303 g/mol. The van der Waals surface area contributed by atoms with E-state index in [1.807, 2.05) is 18.2 Å². The van der Waals surface area contributed by atoms with Crippen LogP contribution >= 0.6 is 0 Å². The highest BCUT2D eigenvalue weighted by Crippen LogP contribution is 2.24. The fraction of sp³-hybridized carbons (Fsp3) is 0.267. The predicted octanol–water partition coefficient (Wildman–Crippen LogP) is 1.57. The van der Waals surface area contributed by atoms with Crippen LogP contribution in [-0.2, 0) is 22.9 Å². The third-order valence-electron chi connectivity index (χ3n) is 3.53. The molecule has 0 unspecified atom stereocenters. The molecule has 5 nitrogen and oxygen atoms in total. The van der Waals surface area contributed by atoms with Crippen LogP contribution in [0.15, 0.2) is 47.6 Å². The van der Waals surface area contributed by atoms with Gasteiger partial charge in [0.05, 0.1) is 4.90 Å². The average Bonchev–Trinajstić information content (AvgIpc) is 2.95. The van der Waals surface area contributed by atoms with Crippen molar-refractivity contribution in [2.45, 2.75) is 17.7 Å². The summed E-state index contributed by atoms with van der Waals surface area (Å²) in [7, 11) is -3.45. The van der Waals surface area contributed by atoms with Crippen molar-refractivity contribution in [1.29, 1.82) is 0 Å². The van der Waals surface area contributed by atoms with E-state index in [9.17, 15) is 8.42 Å². The van der Waals surface area contributed by atoms with E-state index in [1.54, 1.807) is 24.5 Å². The van der Waals surface area contributed by atoms with Crippen LogP contribution in [0, 0.1) is 0 Å². The lowest BCUT2D eigenvalue weighted by Gasteiger charge is -2.08. The fourth-order valence-corrected chi connectivity index (χ4v) is 3.49. The van der Waals surface area contributed by atoms with Gasteiger partial charge in [0, 0.05) is 31.2 Å². The summed E-state index contributed by atoms with van der Waals surface area (Å²) >= 11 is 0. The summed E-state index contributed by atoms with van der Waals surface area (Å²) in [5, 5.41) is 3.22. The third kappa shape index (κ3) is 3.22. The molecule has 1 aromatic heterocycles. The second-order valence-electron chi connectivity index (χ2n) is 5.00. The molecule has 0 saturated heterocycles. The SMILES string of the molecule is O=S(=O)(NCCc1cccnc1)c1ccc2c(c1)CCN2. The molecular weight excluding hydrogens is 286 g/mol. The first-order chi connectivity index (χ1) is 10.1. The zero-order valence-electron chi connectivity index (χ0n) is 11.5. The minimum Gasteiger partial charge on any atom is -0.384 e. The number of benzene rings is 1. The van der Waals surface area contributed by atoms with Gasteiger partial charge in [-0.1, -0.05) is 6.07 Å². The number of rotatable bonds is 5. The lowest BCUT2D eigenvalue weighted by Crippen LogP contribution is -2.26. The van der Waals surface area contributed by atoms with E-state index in [1.165, 1.54) is 0 Å². The smallest absolute Gasteiger partial charge is 0.240 e. The van der Waals surface area contributed by atoms with E-state index < -0.39 is 10.0 Å². The Hall–Kier alpha value is -1.92. The van der Waals surface area contributed by atoms with Gasteiger partial charge in [-0.3, -0.25) is 4.98 Å². The Balaban J connectivity index is 1.67. The molecule has 2 heterocycles. The van der Waals surface area contributed by atoms with Crippen LogP contribution in [0.4, 0.5) is 5.69 Å². The van der Waals surface area contributed by atoms with Crippen molar-refractivity contribution in [1.82, 2.24) is 9.71 Å². The molecule has 0 amide bonds. The van der Waals surface area contributed by atoms with Crippen LogP contribution in [-0.4, -0.2) is 26.5 Å². The standard InChI is InChI=1S/C15H17N3O2S/c19-21(20,18-9-5-12-2-1-7-16-11-12)14-3-4-15-13(10-14)6-8-17-15/h1-4,7,10-11,17-18H,5-6,8-9H2. The van der Waals surface area contributed by atoms with Crippen LogP contribution < -0.4 is 10.0 Å². The van der Waals surface area contributed by atoms with Crippen molar-refractivity contribution in [2.75, 3.05) is 18.4 Å². The summed E-state index contributed by atoms with van der Waals surface area (Å²) in [6.07, 6.45) is 4.94. The van der Waals surface area contributed by atoms with Gasteiger partial charge in [0.15, 0.2) is 0 Å². The van der Waals surface area contributed by atoms with Crippen molar-refractivity contribution in [3.8, 4) is 0 Å². The van der Waals surface area contributed by atoms with Gasteiger partial charge in [-0.25, -0.2) is 13.1 Å². The van der Waals surface area contributed by atoms with Gasteiger partial charge in [-0.05, 0) is 48.2 Å². The van der Waals surface area contributed by atoms with E-state index in [4.69, 9.17) is 0 Å². The summed E-state index contributed by atoms with van der Waals surface area (Å²) in [4.78, 5) is 4.34. The number of hydrogen-bond donors (Lipinski definition) is 2. The molecule has 0 saturated carbocycles. The number of anilines is 1. The minimum atomic E-state index is -3.45. The van der Waals surface area contributed by atoms with Crippen LogP contribution in [0.2, 0.25) is 0 Å². The van der Waals surface area contributed by atoms with Gasteiger partial charge in [0.1, 0.15) is 0 Å². The van der Waals surface area contributed by atoms with Crippen molar-refractivity contribution in [3.63, 3.8) is 0 Å². The Morgan fingerprint density at radius 2 is 2.19 bits per heavy atom. The van der Waals surface area contributed by atoms with Gasteiger partial charge < -0.3 is 5.32 Å². The largest absolute Gasteiger partial charge is 0.384 e. The first kappa shape index (κ1) is 14.0. The zero-order chi connectivity index (χ0) is 14.7. The molecule has 1 aromatic carbocycles. The van der Waals surface area contributed by atoms with Gasteiger partial charge in [0.25, 0.3) is 0 Å². The van der Waals surface area contributed by atoms with Crippen LogP contribution in [0.3, 0.4) is 0 Å². The first-order valence-electron chi connectivity index (χ1n) is 6.90. The highest BCUT2D eigenvalue weighted by molar-refractivity contribution is 7.89. The van der Waals surface area contributed by atoms with Crippen molar-refractivity contribution < 1.29 is 8.42 Å². The van der Waals surface area contributed by atoms with Crippen molar-refractivity contribution in [3.05, 3.63) is 53.9 Å². The third-order valence-corrected chi connectivity index (χ3v) is 4.98. The Labute approximate surface area is 124 Å². The Bertz CT molecular complexity index is 730. The molecule has 1 aliphatic rings. The van der Waals surface area contributed by atoms with E-state index in [2.05, 4.69) is 15.0 Å². The van der Waals surface area contributed by atoms with Crippen LogP contribution in [0.1, 0.15) is 11.1 Å². The predicted molar refractivity (Wildman–Crippen MR) is 81.8 cm³/mol. The number of aromatic nitrogens is 1. The van der Waals surface area contributed by atoms with Crippen LogP contribution in [0.25, 0.3) is 0 Å². The Morgan fingerprint density at radius 1 is 1.29 bits per heavy atom. The van der Waals surface area contributed by atoms with E-state index in [0.717, 1.165) is 29.8 Å². The molecule has 0 radical (unpaired) electrons. The first-order valence-corrected chi connectivity index (χ1v) is 8.39. The minimum absolute atomic E-state index is 0.330. The number of sulfonamides is 1. The van der Waals surface area contributed by atoms with E-state index in [-0.39, 0.29) is 0 Å². The van der Waals surface area contributed by atoms with Crippen molar-refractivity contribution in [2.24, 2.45) is 0 Å². The molecule has 3 rings (SSSR count). The number of nitrogens with one attached hydrogen (secondary N) is 2. The van der Waals surface area contributed by atoms with Gasteiger partial charge in [0.2, 0.25) is 10.0 Å². The molecule has 2 aromatic rings. The molecule has 6 heteroatoms. The molecule has 0 bridgehead atoms. The molecule has 21 heavy (non-hydrogen) atoms. The number of hydrogen-bond acceptors (Lipinski definition) is 4. The lowest BCUT2D eigenvalue weighted by atomic mass is 10.2. The second kappa shape index (κ2) is 5.83. The molecule has 0 fully saturated rings. The number of pyridine rings is 1. The highest BCUT2D eigenvalue weighted by atomic mass is 32.2. The summed E-state index contributed by atoms with van der Waals surface area (Å²) < 4.78 is 27.2. The molecular formula is C15H17N3O2S. The molecule has 2 N–H and O–H groups in total. The molecule has 110 valence electrons. The summed E-state index contributed by atoms with van der Waals surface area (Å²) in [6, 6.07) is 9.00. The lowest BCUT2D eigenvalue weighted by molar-refractivity contribution is 0.581. The fourth-order valence-electron chi connectivity index (χ4n) is 2.41. The zero-order valence-corrected chi connectivity index (χ0v) is 12.4.